The van der Waals surface area contributed by atoms with E-state index in [4.69, 9.17) is 0 Å². The molecule has 0 N–H and O–H groups in total. The predicted octanol–water partition coefficient (Wildman–Crippen LogP) is 2.21. The molecule has 1 aliphatic carbocycles. The molecule has 1 aliphatic rings. The van der Waals surface area contributed by atoms with Crippen molar-refractivity contribution in [2.75, 3.05) is 7.11 Å². The van der Waals surface area contributed by atoms with Crippen LogP contribution in [0, 0.1) is 9.49 Å². The van der Waals surface area contributed by atoms with Crippen molar-refractivity contribution in [1.82, 2.24) is 0 Å². The molecule has 1 aromatic carbocycles. The molecule has 1 atom stereocenters. The lowest BCUT2D eigenvalue weighted by molar-refractivity contribution is -0.145. The Morgan fingerprint density at radius 2 is 2.19 bits per heavy atom. The molecule has 0 fully saturated rings. The fraction of sp³-hybridized carbons (Fsp3) is 0.333. The monoisotopic (exact) mass is 330 g/mol. The largest absolute Gasteiger partial charge is 0.469 e. The van der Waals surface area contributed by atoms with E-state index >= 15 is 0 Å². The summed E-state index contributed by atoms with van der Waals surface area (Å²) in [6.07, 6.45) is 0.866. The summed E-state index contributed by atoms with van der Waals surface area (Å²) in [6, 6.07) is 5.75. The molecule has 0 aliphatic heterocycles. The molecule has 1 unspecified atom stereocenters. The molecular formula is C12H11IO3. The number of halogens is 1. The molecule has 4 heteroatoms. The van der Waals surface area contributed by atoms with Gasteiger partial charge in [0.15, 0.2) is 5.78 Å². The van der Waals surface area contributed by atoms with Crippen molar-refractivity contribution >= 4 is 34.3 Å². The Morgan fingerprint density at radius 3 is 2.88 bits per heavy atom. The van der Waals surface area contributed by atoms with Crippen LogP contribution in [0.2, 0.25) is 0 Å². The Kier molecular flexibility index (Phi) is 3.28. The highest BCUT2D eigenvalue weighted by molar-refractivity contribution is 14.1. The molecule has 0 amide bonds. The normalized spacial score (nSPS) is 19.1. The minimum atomic E-state index is -0.315. The van der Waals surface area contributed by atoms with Crippen molar-refractivity contribution in [2.24, 2.45) is 5.92 Å². The van der Waals surface area contributed by atoms with Gasteiger partial charge in [0.05, 0.1) is 13.0 Å². The summed E-state index contributed by atoms with van der Waals surface area (Å²) in [5.41, 5.74) is 1.71. The van der Waals surface area contributed by atoms with Crippen molar-refractivity contribution in [3.05, 3.63) is 32.9 Å². The Bertz CT molecular complexity index is 454. The van der Waals surface area contributed by atoms with Gasteiger partial charge in [0.1, 0.15) is 0 Å². The number of benzene rings is 1. The van der Waals surface area contributed by atoms with Crippen molar-refractivity contribution in [3.8, 4) is 0 Å². The molecule has 84 valence electrons. The topological polar surface area (TPSA) is 43.4 Å². The molecule has 0 spiro atoms. The first-order valence-electron chi connectivity index (χ1n) is 5.01. The second-order valence-corrected chi connectivity index (χ2v) is 5.10. The highest BCUT2D eigenvalue weighted by Crippen LogP contribution is 2.27. The summed E-state index contributed by atoms with van der Waals surface area (Å²) in [4.78, 5) is 23.3. The quantitative estimate of drug-likeness (QED) is 0.586. The molecule has 0 aromatic heterocycles. The summed E-state index contributed by atoms with van der Waals surface area (Å²) < 4.78 is 5.73. The number of esters is 1. The lowest BCUT2D eigenvalue weighted by Crippen LogP contribution is -2.27. The third kappa shape index (κ3) is 2.11. The molecule has 0 bridgehead atoms. The van der Waals surface area contributed by atoms with Gasteiger partial charge in [0.25, 0.3) is 0 Å². The molecule has 3 nitrogen and oxygen atoms in total. The van der Waals surface area contributed by atoms with E-state index in [9.17, 15) is 9.59 Å². The summed E-state index contributed by atoms with van der Waals surface area (Å²) in [6.45, 7) is 0. The highest BCUT2D eigenvalue weighted by atomic mass is 127. The van der Waals surface area contributed by atoms with Crippen LogP contribution in [0.1, 0.15) is 22.3 Å². The third-order valence-electron chi connectivity index (χ3n) is 2.80. The van der Waals surface area contributed by atoms with E-state index < -0.39 is 0 Å². The predicted molar refractivity (Wildman–Crippen MR) is 67.3 cm³/mol. The molecule has 2 rings (SSSR count). The number of methoxy groups -OCH3 is 1. The van der Waals surface area contributed by atoms with E-state index in [1.165, 1.54) is 7.11 Å². The highest BCUT2D eigenvalue weighted by Gasteiger charge is 2.30. The molecule has 0 heterocycles. The van der Waals surface area contributed by atoms with Gasteiger partial charge in [-0.25, -0.2) is 0 Å². The third-order valence-corrected chi connectivity index (χ3v) is 3.48. The molecule has 0 saturated heterocycles. The van der Waals surface area contributed by atoms with Gasteiger partial charge in [0, 0.05) is 15.6 Å². The van der Waals surface area contributed by atoms with Crippen molar-refractivity contribution in [1.29, 1.82) is 0 Å². The second-order valence-electron chi connectivity index (χ2n) is 3.85. The smallest absolute Gasteiger partial charge is 0.309 e. The molecule has 0 saturated carbocycles. The van der Waals surface area contributed by atoms with Crippen LogP contribution in [0.25, 0.3) is 0 Å². The fourth-order valence-corrected chi connectivity index (χ4v) is 2.48. The Labute approximate surface area is 107 Å². The van der Waals surface area contributed by atoms with E-state index in [2.05, 4.69) is 27.3 Å². The maximum Gasteiger partial charge on any atom is 0.309 e. The SMILES string of the molecule is COC(=O)C1CC(=O)c2cc(I)ccc2C1. The molecular weight excluding hydrogens is 319 g/mol. The Morgan fingerprint density at radius 1 is 1.44 bits per heavy atom. The first kappa shape index (κ1) is 11.6. The lowest BCUT2D eigenvalue weighted by atomic mass is 9.83. The minimum absolute atomic E-state index is 0.0372. The van der Waals surface area contributed by atoms with E-state index in [0.29, 0.717) is 6.42 Å². The van der Waals surface area contributed by atoms with Crippen LogP contribution in [-0.4, -0.2) is 18.9 Å². The average Bonchev–Trinajstić information content (AvgIpc) is 2.28. The van der Waals surface area contributed by atoms with Gasteiger partial charge in [-0.05, 0) is 46.7 Å². The average molecular weight is 330 g/mol. The van der Waals surface area contributed by atoms with Crippen molar-refractivity contribution in [3.63, 3.8) is 0 Å². The number of Topliss-reactive ketones (excluding diaryl/α,β-unsaturated/α-hetero) is 1. The number of fused-ring (bicyclic) bond motifs is 1. The Balaban J connectivity index is 2.33. The van der Waals surface area contributed by atoms with Crippen LogP contribution in [0.5, 0.6) is 0 Å². The summed E-state index contributed by atoms with van der Waals surface area (Å²) in [5.74, 6) is -0.572. The number of carbonyl (C=O) groups excluding carboxylic acids is 2. The van der Waals surface area contributed by atoms with E-state index in [-0.39, 0.29) is 24.1 Å². The number of carbonyl (C=O) groups is 2. The zero-order valence-corrected chi connectivity index (χ0v) is 11.0. The van der Waals surface area contributed by atoms with Crippen LogP contribution in [0.4, 0.5) is 0 Å². The summed E-state index contributed by atoms with van der Waals surface area (Å²) >= 11 is 2.18. The maximum absolute atomic E-state index is 11.9. The number of hydrogen-bond donors (Lipinski definition) is 0. The van der Waals surface area contributed by atoms with Crippen molar-refractivity contribution < 1.29 is 14.3 Å². The van der Waals surface area contributed by atoms with E-state index in [1.54, 1.807) is 0 Å². The van der Waals surface area contributed by atoms with Crippen LogP contribution < -0.4 is 0 Å². The van der Waals surface area contributed by atoms with Gasteiger partial charge in [-0.2, -0.15) is 0 Å². The number of ketones is 1. The fourth-order valence-electron chi connectivity index (χ4n) is 1.99. The second kappa shape index (κ2) is 4.53. The van der Waals surface area contributed by atoms with Crippen LogP contribution in [0.15, 0.2) is 18.2 Å². The molecule has 1 aromatic rings. The first-order chi connectivity index (χ1) is 7.61. The Hall–Kier alpha value is -0.910. The van der Waals surface area contributed by atoms with Crippen LogP contribution >= 0.6 is 22.6 Å². The van der Waals surface area contributed by atoms with Gasteiger partial charge in [-0.15, -0.1) is 0 Å². The van der Waals surface area contributed by atoms with Crippen molar-refractivity contribution in [2.45, 2.75) is 12.8 Å². The summed E-state index contributed by atoms with van der Waals surface area (Å²) in [5, 5.41) is 0. The van der Waals surface area contributed by atoms with Gasteiger partial charge in [0.2, 0.25) is 0 Å². The van der Waals surface area contributed by atoms with Gasteiger partial charge in [-0.3, -0.25) is 9.59 Å². The van der Waals surface area contributed by atoms with Gasteiger partial charge >= 0.3 is 5.97 Å². The summed E-state index contributed by atoms with van der Waals surface area (Å²) in [7, 11) is 1.36. The zero-order chi connectivity index (χ0) is 11.7. The van der Waals surface area contributed by atoms with E-state index in [0.717, 1.165) is 14.7 Å². The lowest BCUT2D eigenvalue weighted by Gasteiger charge is -2.21. The number of hydrogen-bond acceptors (Lipinski definition) is 3. The zero-order valence-electron chi connectivity index (χ0n) is 8.83. The van der Waals surface area contributed by atoms with Gasteiger partial charge in [-0.1, -0.05) is 6.07 Å². The van der Waals surface area contributed by atoms with Crippen LogP contribution in [-0.2, 0) is 16.0 Å². The van der Waals surface area contributed by atoms with E-state index in [1.807, 2.05) is 18.2 Å². The standard InChI is InChI=1S/C12H11IO3/c1-16-12(15)8-4-7-2-3-9(13)6-10(7)11(14)5-8/h2-3,6,8H,4-5H2,1H3. The molecule has 16 heavy (non-hydrogen) atoms. The maximum atomic E-state index is 11.9. The van der Waals surface area contributed by atoms with Gasteiger partial charge < -0.3 is 4.74 Å². The number of ether oxygens (including phenoxy) is 1. The minimum Gasteiger partial charge on any atom is -0.469 e. The number of rotatable bonds is 1. The first-order valence-corrected chi connectivity index (χ1v) is 6.09. The molecule has 0 radical (unpaired) electrons. The van der Waals surface area contributed by atoms with Crippen LogP contribution in [0.3, 0.4) is 0 Å².